The molecule has 0 fully saturated rings. The third-order valence-electron chi connectivity index (χ3n) is 4.65. The first kappa shape index (κ1) is 18.8. The predicted octanol–water partition coefficient (Wildman–Crippen LogP) is 5.54. The third kappa shape index (κ3) is 2.41. The highest BCUT2D eigenvalue weighted by Gasteiger charge is 2.71. The molecule has 140 valence electrons. The first-order valence-electron chi connectivity index (χ1n) is 7.51. The molecule has 3 nitrogen and oxygen atoms in total. The van der Waals surface area contributed by atoms with Gasteiger partial charge in [0.15, 0.2) is 5.78 Å². The molecule has 0 aliphatic heterocycles. The van der Waals surface area contributed by atoms with Crippen molar-refractivity contribution in [1.29, 1.82) is 5.26 Å². The molecule has 8 heteroatoms. The van der Waals surface area contributed by atoms with Gasteiger partial charge in [0.05, 0.1) is 23.1 Å². The fourth-order valence-electron chi connectivity index (χ4n) is 3.52. The number of hydrogen-bond acceptors (Lipinski definition) is 3. The molecule has 2 aromatic carbocycles. The monoisotopic (exact) mass is 381 g/mol. The SMILES string of the molecule is C.N#Cc1cc(F)cc(Oc2ccc3c4c2C(=O)CC4C(F)(F)C3(F)F)c1. The van der Waals surface area contributed by atoms with Crippen molar-refractivity contribution in [3.63, 3.8) is 0 Å². The maximum atomic E-state index is 14.1. The highest BCUT2D eigenvalue weighted by molar-refractivity contribution is 6.05. The summed E-state index contributed by atoms with van der Waals surface area (Å²) in [5.41, 5.74) is -1.70. The van der Waals surface area contributed by atoms with Crippen LogP contribution in [-0.2, 0) is 5.92 Å². The van der Waals surface area contributed by atoms with Crippen LogP contribution in [0.15, 0.2) is 30.3 Å². The quantitative estimate of drug-likeness (QED) is 0.642. The van der Waals surface area contributed by atoms with Crippen LogP contribution < -0.4 is 4.74 Å². The summed E-state index contributed by atoms with van der Waals surface area (Å²) >= 11 is 0. The maximum Gasteiger partial charge on any atom is 0.336 e. The lowest BCUT2D eigenvalue weighted by Gasteiger charge is -2.23. The highest BCUT2D eigenvalue weighted by Crippen LogP contribution is 2.63. The molecule has 2 aromatic rings. The van der Waals surface area contributed by atoms with Gasteiger partial charge in [-0.1, -0.05) is 7.43 Å². The lowest BCUT2D eigenvalue weighted by Crippen LogP contribution is -2.36. The summed E-state index contributed by atoms with van der Waals surface area (Å²) < 4.78 is 75.1. The van der Waals surface area contributed by atoms with Gasteiger partial charge in [-0.2, -0.15) is 22.8 Å². The van der Waals surface area contributed by atoms with E-state index in [0.717, 1.165) is 24.3 Å². The predicted molar refractivity (Wildman–Crippen MR) is 84.9 cm³/mol. The Balaban J connectivity index is 0.00000210. The number of carbonyl (C=O) groups excluding carboxylic acids is 1. The zero-order chi connectivity index (χ0) is 18.9. The molecule has 27 heavy (non-hydrogen) atoms. The molecule has 0 amide bonds. The van der Waals surface area contributed by atoms with E-state index in [-0.39, 0.29) is 30.1 Å². The third-order valence-corrected chi connectivity index (χ3v) is 4.65. The number of rotatable bonds is 2. The first-order valence-corrected chi connectivity index (χ1v) is 7.51. The number of benzene rings is 2. The Hall–Kier alpha value is -2.95. The molecular weight excluding hydrogens is 369 g/mol. The van der Waals surface area contributed by atoms with Crippen LogP contribution in [0.3, 0.4) is 0 Å². The molecule has 0 saturated heterocycles. The van der Waals surface area contributed by atoms with Gasteiger partial charge < -0.3 is 4.74 Å². The minimum Gasteiger partial charge on any atom is -0.456 e. The Labute approximate surface area is 151 Å². The van der Waals surface area contributed by atoms with Crippen molar-refractivity contribution in [1.82, 2.24) is 0 Å². The number of ketones is 1. The lowest BCUT2D eigenvalue weighted by molar-refractivity contribution is -0.214. The van der Waals surface area contributed by atoms with Crippen molar-refractivity contribution in [3.8, 4) is 17.6 Å². The highest BCUT2D eigenvalue weighted by atomic mass is 19.3. The minimum atomic E-state index is -4.38. The fourth-order valence-corrected chi connectivity index (χ4v) is 3.52. The standard InChI is InChI=1S/C18H8F5NO2.CH4/c19-9-3-8(7-24)4-10(5-9)26-14-2-1-11-15-12(6-13(25)16(14)15)18(22,23)17(11,20)21;/h1-5,12H,6H2;1H4. The molecule has 2 aliphatic rings. The van der Waals surface area contributed by atoms with Gasteiger partial charge in [-0.3, -0.25) is 4.79 Å². The van der Waals surface area contributed by atoms with E-state index in [0.29, 0.717) is 0 Å². The van der Waals surface area contributed by atoms with Crippen LogP contribution in [0.5, 0.6) is 11.5 Å². The number of nitriles is 1. The van der Waals surface area contributed by atoms with Crippen molar-refractivity contribution < 1.29 is 31.5 Å². The van der Waals surface area contributed by atoms with Gasteiger partial charge in [-0.15, -0.1) is 0 Å². The van der Waals surface area contributed by atoms with Crippen LogP contribution in [0.2, 0.25) is 0 Å². The molecule has 0 bridgehead atoms. The van der Waals surface area contributed by atoms with E-state index in [2.05, 4.69) is 0 Å². The zero-order valence-electron chi connectivity index (χ0n) is 12.8. The first-order chi connectivity index (χ1) is 12.2. The van der Waals surface area contributed by atoms with Crippen LogP contribution in [0.4, 0.5) is 22.0 Å². The number of ether oxygens (including phenoxy) is 1. The normalized spacial score (nSPS) is 20.6. The minimum absolute atomic E-state index is 0. The molecule has 0 spiro atoms. The number of nitrogens with zero attached hydrogens (tertiary/aromatic N) is 1. The van der Waals surface area contributed by atoms with Crippen LogP contribution in [0.25, 0.3) is 0 Å². The number of halogens is 5. The van der Waals surface area contributed by atoms with Crippen molar-refractivity contribution in [3.05, 3.63) is 58.4 Å². The maximum absolute atomic E-state index is 14.1. The van der Waals surface area contributed by atoms with Gasteiger partial charge >= 0.3 is 11.8 Å². The smallest absolute Gasteiger partial charge is 0.336 e. The van der Waals surface area contributed by atoms with Crippen LogP contribution in [0, 0.1) is 17.1 Å². The second-order valence-electron chi connectivity index (χ2n) is 6.17. The lowest BCUT2D eigenvalue weighted by atomic mass is 10.0. The van der Waals surface area contributed by atoms with Gasteiger partial charge in [-0.05, 0) is 29.8 Å². The van der Waals surface area contributed by atoms with E-state index < -0.39 is 46.9 Å². The van der Waals surface area contributed by atoms with Crippen LogP contribution >= 0.6 is 0 Å². The van der Waals surface area contributed by atoms with Crippen molar-refractivity contribution in [2.24, 2.45) is 0 Å². The Morgan fingerprint density at radius 2 is 1.85 bits per heavy atom. The summed E-state index contributed by atoms with van der Waals surface area (Å²) in [7, 11) is 0. The molecule has 0 N–H and O–H groups in total. The Kier molecular flexibility index (Phi) is 4.03. The van der Waals surface area contributed by atoms with Gasteiger partial charge in [0.25, 0.3) is 0 Å². The average Bonchev–Trinajstić information content (AvgIpc) is 2.98. The Bertz CT molecular complexity index is 1010. The van der Waals surface area contributed by atoms with E-state index >= 15 is 0 Å². The van der Waals surface area contributed by atoms with Crippen molar-refractivity contribution >= 4 is 5.78 Å². The molecule has 0 heterocycles. The Morgan fingerprint density at radius 1 is 1.15 bits per heavy atom. The van der Waals surface area contributed by atoms with E-state index in [1.165, 1.54) is 6.07 Å². The molecular formula is C19H12F5NO2. The molecule has 0 saturated carbocycles. The summed E-state index contributed by atoms with van der Waals surface area (Å²) in [5.74, 6) is -12.6. The summed E-state index contributed by atoms with van der Waals surface area (Å²) in [4.78, 5) is 12.2. The van der Waals surface area contributed by atoms with Crippen LogP contribution in [0.1, 0.15) is 46.8 Å². The van der Waals surface area contributed by atoms with Gasteiger partial charge in [0.1, 0.15) is 17.3 Å². The molecule has 4 rings (SSSR count). The fraction of sp³-hybridized carbons (Fsp3) is 0.263. The van der Waals surface area contributed by atoms with E-state index in [4.69, 9.17) is 10.00 Å². The van der Waals surface area contributed by atoms with Crippen LogP contribution in [-0.4, -0.2) is 11.7 Å². The second kappa shape index (κ2) is 5.78. The number of alkyl halides is 4. The largest absolute Gasteiger partial charge is 0.456 e. The molecule has 1 unspecified atom stereocenters. The van der Waals surface area contributed by atoms with Crippen molar-refractivity contribution in [2.75, 3.05) is 0 Å². The summed E-state index contributed by atoms with van der Waals surface area (Å²) in [5, 5.41) is 8.85. The topological polar surface area (TPSA) is 50.1 Å². The van der Waals surface area contributed by atoms with E-state index in [1.54, 1.807) is 6.07 Å². The van der Waals surface area contributed by atoms with Gasteiger partial charge in [-0.25, -0.2) is 4.39 Å². The van der Waals surface area contributed by atoms with E-state index in [9.17, 15) is 26.7 Å². The second-order valence-corrected chi connectivity index (χ2v) is 6.17. The summed E-state index contributed by atoms with van der Waals surface area (Å²) in [6.07, 6.45) is -0.752. The van der Waals surface area contributed by atoms with Gasteiger partial charge in [0, 0.05) is 18.1 Å². The Morgan fingerprint density at radius 3 is 2.52 bits per heavy atom. The average molecular weight is 381 g/mol. The van der Waals surface area contributed by atoms with Gasteiger partial charge in [0.2, 0.25) is 0 Å². The molecule has 0 aromatic heterocycles. The zero-order valence-corrected chi connectivity index (χ0v) is 12.8. The molecule has 2 aliphatic carbocycles. The van der Waals surface area contributed by atoms with E-state index in [1.807, 2.05) is 0 Å². The number of Topliss-reactive ketones (excluding diaryl/α,β-unsaturated/α-hetero) is 1. The number of carbonyl (C=O) groups is 1. The van der Waals surface area contributed by atoms with Crippen molar-refractivity contribution in [2.45, 2.75) is 31.6 Å². The summed E-state index contributed by atoms with van der Waals surface area (Å²) in [6.45, 7) is 0. The molecule has 0 radical (unpaired) electrons. The number of hydrogen-bond donors (Lipinski definition) is 0. The summed E-state index contributed by atoms with van der Waals surface area (Å²) in [6, 6.07) is 6.57. The molecule has 1 atom stereocenters.